The third-order valence-corrected chi connectivity index (χ3v) is 21.5. The highest BCUT2D eigenvalue weighted by Crippen LogP contribution is 2.74. The first kappa shape index (κ1) is 45.8. The molecule has 0 saturated heterocycles. The van der Waals surface area contributed by atoms with Crippen molar-refractivity contribution >= 4 is 23.5 Å². The Balaban J connectivity index is 0.747. The number of rotatable bonds is 14. The van der Waals surface area contributed by atoms with Gasteiger partial charge in [0.2, 0.25) is 0 Å². The topological polar surface area (TPSA) is 86.7 Å². The zero-order valence-electron chi connectivity index (χ0n) is 40.7. The highest BCUT2D eigenvalue weighted by Gasteiger charge is 2.70. The predicted molar refractivity (Wildman–Crippen MR) is 240 cm³/mol. The highest BCUT2D eigenvalue weighted by molar-refractivity contribution is 5.89. The Morgan fingerprint density at radius 1 is 0.508 bits per heavy atom. The van der Waals surface area contributed by atoms with Crippen molar-refractivity contribution in [2.75, 3.05) is 67.6 Å². The van der Waals surface area contributed by atoms with Gasteiger partial charge in [0.15, 0.2) is 0 Å². The van der Waals surface area contributed by atoms with E-state index < -0.39 is 10.8 Å². The molecular weight excluding hydrogens is 761 g/mol. The van der Waals surface area contributed by atoms with Crippen LogP contribution in [0.25, 0.3) is 0 Å². The number of fused-ring (bicyclic) bond motifs is 6. The van der Waals surface area contributed by atoms with Crippen molar-refractivity contribution in [3.8, 4) is 0 Å². The van der Waals surface area contributed by atoms with Gasteiger partial charge >= 0.3 is 11.9 Å². The van der Waals surface area contributed by atoms with Gasteiger partial charge in [-0.25, -0.2) is 0 Å². The summed E-state index contributed by atoms with van der Waals surface area (Å²) in [6.45, 7) is 18.5. The van der Waals surface area contributed by atoms with E-state index in [2.05, 4.69) is 69.7 Å². The molecule has 0 unspecified atom stereocenters. The maximum absolute atomic E-state index is 14.1. The molecule has 0 amide bonds. The van der Waals surface area contributed by atoms with Crippen LogP contribution in [-0.2, 0) is 28.7 Å². The Morgan fingerprint density at radius 2 is 0.885 bits per heavy atom. The number of esters is 2. The van der Waals surface area contributed by atoms with Crippen LogP contribution in [0.1, 0.15) is 176 Å². The predicted octanol–water partition coefficient (Wildman–Crippen LogP) is 10.1. The molecule has 0 N–H and O–H groups in total. The minimum Gasteiger partial charge on any atom is -0.459 e. The van der Waals surface area contributed by atoms with Crippen LogP contribution in [0.4, 0.5) is 0 Å². The fraction of sp³-hybridized carbons (Fsp3) is 0.925. The first-order valence-corrected chi connectivity index (χ1v) is 25.5. The van der Waals surface area contributed by atoms with Gasteiger partial charge in [0.05, 0.1) is 52.1 Å². The summed E-state index contributed by atoms with van der Waals surface area (Å²) < 4.78 is 14.1. The lowest BCUT2D eigenvalue weighted by atomic mass is 9.40. The summed E-state index contributed by atoms with van der Waals surface area (Å²) in [6.07, 6.45) is 22.1. The van der Waals surface area contributed by atoms with Gasteiger partial charge in [0.1, 0.15) is 37.9 Å². The number of carbonyl (C=O) groups excluding carboxylic acids is 4. The lowest BCUT2D eigenvalue weighted by molar-refractivity contribution is -0.892. The van der Waals surface area contributed by atoms with Crippen molar-refractivity contribution in [1.82, 2.24) is 0 Å². The van der Waals surface area contributed by atoms with Crippen molar-refractivity contribution in [3.05, 3.63) is 0 Å². The number of nitrogens with zero attached hydrogens (tertiary/aromatic N) is 2. The molecule has 8 rings (SSSR count). The van der Waals surface area contributed by atoms with Crippen molar-refractivity contribution in [3.63, 3.8) is 0 Å². The maximum atomic E-state index is 14.1. The second-order valence-electron chi connectivity index (χ2n) is 26.4. The van der Waals surface area contributed by atoms with Gasteiger partial charge in [-0.05, 0) is 168 Å². The van der Waals surface area contributed by atoms with Crippen LogP contribution in [0.2, 0.25) is 0 Å². The van der Waals surface area contributed by atoms with Crippen molar-refractivity contribution < 1.29 is 37.6 Å². The second-order valence-corrected chi connectivity index (χ2v) is 26.4. The minimum atomic E-state index is -0.441. The zero-order chi connectivity index (χ0) is 44.1. The third-order valence-electron chi connectivity index (χ3n) is 21.5. The summed E-state index contributed by atoms with van der Waals surface area (Å²) in [7, 11) is 9.07. The molecule has 61 heavy (non-hydrogen) atoms. The standard InChI is InChI=1S/C53H88N2O6/c1-46-24-16-40-48(3)20-14-22-50(5,38(48)18-26-52(40,36-46)34-42(46)56)44(58)60-32-30-54(7,8)28-12-11-13-29-55(9,10)31-33-61-45(59)51(6)23-15-21-49(4)39(51)19-27-53-35-43(57)47(2,37-53)25-17-41(49)53/h38-41H,11-37H2,1-10H3/q+2/t38-,39+,40-,41+,46-,47-,48+,49+,50+,51+,52-,53-/m0/s1. The minimum absolute atomic E-state index is 0.0192. The largest absolute Gasteiger partial charge is 0.459 e. The summed E-state index contributed by atoms with van der Waals surface area (Å²) in [5.41, 5.74) is -0.549. The molecule has 4 bridgehead atoms. The van der Waals surface area contributed by atoms with Crippen LogP contribution in [0.3, 0.4) is 0 Å². The molecule has 0 aromatic rings. The van der Waals surface area contributed by atoms with Gasteiger partial charge < -0.3 is 18.4 Å². The Bertz CT molecular complexity index is 1630. The third kappa shape index (κ3) is 7.53. The molecule has 0 aliphatic heterocycles. The number of ether oxygens (including phenoxy) is 2. The van der Waals surface area contributed by atoms with Crippen LogP contribution in [-0.4, -0.2) is 100 Å². The van der Waals surface area contributed by atoms with E-state index in [-0.39, 0.29) is 44.4 Å². The van der Waals surface area contributed by atoms with Crippen LogP contribution in [0, 0.1) is 67.0 Å². The summed E-state index contributed by atoms with van der Waals surface area (Å²) in [4.78, 5) is 54.4. The Morgan fingerprint density at radius 3 is 1.28 bits per heavy atom. The van der Waals surface area contributed by atoms with E-state index in [9.17, 15) is 19.2 Å². The Labute approximate surface area is 370 Å². The number of ketones is 2. The van der Waals surface area contributed by atoms with Gasteiger partial charge in [-0.1, -0.05) is 40.5 Å². The Kier molecular flexibility index (Phi) is 11.6. The first-order valence-electron chi connectivity index (χ1n) is 25.5. The van der Waals surface area contributed by atoms with Gasteiger partial charge in [0, 0.05) is 23.7 Å². The summed E-state index contributed by atoms with van der Waals surface area (Å²) in [6, 6.07) is 0. The van der Waals surface area contributed by atoms with E-state index >= 15 is 0 Å². The molecule has 8 fully saturated rings. The van der Waals surface area contributed by atoms with E-state index in [0.717, 1.165) is 157 Å². The second kappa shape index (κ2) is 15.4. The Hall–Kier alpha value is -1.80. The van der Waals surface area contributed by atoms with E-state index in [4.69, 9.17) is 9.47 Å². The molecule has 0 aromatic carbocycles. The summed E-state index contributed by atoms with van der Waals surface area (Å²) in [5, 5.41) is 0. The van der Waals surface area contributed by atoms with E-state index in [0.29, 0.717) is 48.5 Å². The van der Waals surface area contributed by atoms with Gasteiger partial charge in [0.25, 0.3) is 0 Å². The van der Waals surface area contributed by atoms with Gasteiger partial charge in [-0.3, -0.25) is 19.2 Å². The zero-order valence-corrected chi connectivity index (χ0v) is 40.7. The molecule has 0 aromatic heterocycles. The van der Waals surface area contributed by atoms with E-state index in [1.54, 1.807) is 0 Å². The summed E-state index contributed by atoms with van der Waals surface area (Å²) >= 11 is 0. The molecule has 8 heteroatoms. The SMILES string of the molecule is C[C@@]12CC[C@@H]3[C@@](CC[C@H]4[C@@]3(C)CCC[C@@]4(C)C(=O)OCC[N+](C)(C)CCCCC[N+](C)(C)CCOC(=O)[C@]3(C)CCC[C@]4(C)[C@H]3CC[C@@]35CC(=O)[C@@](C)(CC[C@@H]34)C5)(CC1=O)C2. The number of hydrogen-bond donors (Lipinski definition) is 0. The van der Waals surface area contributed by atoms with Crippen molar-refractivity contribution in [2.45, 2.75) is 176 Å². The average molecular weight is 849 g/mol. The molecule has 0 heterocycles. The quantitative estimate of drug-likeness (QED) is 0.0983. The average Bonchev–Trinajstić information content (AvgIpc) is 3.47. The number of Topliss-reactive ketones (excluding diaryl/α,β-unsaturated/α-hetero) is 2. The van der Waals surface area contributed by atoms with Crippen LogP contribution < -0.4 is 0 Å². The molecule has 8 aliphatic rings. The normalized spacial score (nSPS) is 45.3. The smallest absolute Gasteiger partial charge is 0.312 e. The van der Waals surface area contributed by atoms with Crippen molar-refractivity contribution in [2.24, 2.45) is 67.0 Å². The van der Waals surface area contributed by atoms with Gasteiger partial charge in [-0.15, -0.1) is 0 Å². The van der Waals surface area contributed by atoms with Gasteiger partial charge in [-0.2, -0.15) is 0 Å². The van der Waals surface area contributed by atoms with Crippen LogP contribution >= 0.6 is 0 Å². The van der Waals surface area contributed by atoms with E-state index in [1.807, 2.05) is 0 Å². The maximum Gasteiger partial charge on any atom is 0.312 e. The van der Waals surface area contributed by atoms with Crippen LogP contribution in [0.15, 0.2) is 0 Å². The highest BCUT2D eigenvalue weighted by atomic mass is 16.5. The lowest BCUT2D eigenvalue weighted by Crippen LogP contribution is -2.59. The lowest BCUT2D eigenvalue weighted by Gasteiger charge is -2.63. The molecule has 2 spiro atoms. The molecule has 8 saturated carbocycles. The monoisotopic (exact) mass is 849 g/mol. The molecule has 8 aliphatic carbocycles. The van der Waals surface area contributed by atoms with Crippen LogP contribution in [0.5, 0.6) is 0 Å². The number of carbonyl (C=O) groups is 4. The molecule has 12 atom stereocenters. The first-order chi connectivity index (χ1) is 28.4. The molecule has 344 valence electrons. The van der Waals surface area contributed by atoms with Crippen molar-refractivity contribution in [1.29, 1.82) is 0 Å². The summed E-state index contributed by atoms with van der Waals surface area (Å²) in [5.74, 6) is 2.81. The molecule has 0 radical (unpaired) electrons. The fourth-order valence-electron chi connectivity index (χ4n) is 18.1. The number of hydrogen-bond acceptors (Lipinski definition) is 6. The molecular formula is C53H88N2O6+2. The van der Waals surface area contributed by atoms with E-state index in [1.165, 1.54) is 12.8 Å². The fourth-order valence-corrected chi connectivity index (χ4v) is 18.1. The molecule has 8 nitrogen and oxygen atoms in total. The number of likely N-dealkylation sites (N-methyl/N-ethyl adjacent to an activating group) is 2. The number of unbranched alkanes of at least 4 members (excludes halogenated alkanes) is 2. The number of quaternary nitrogens is 2.